The highest BCUT2D eigenvalue weighted by atomic mass is 19.1. The van der Waals surface area contributed by atoms with Gasteiger partial charge in [0.2, 0.25) is 0 Å². The molecular weight excluding hydrogens is 205 g/mol. The van der Waals surface area contributed by atoms with Crippen LogP contribution >= 0.6 is 0 Å². The summed E-state index contributed by atoms with van der Waals surface area (Å²) in [4.78, 5) is 0. The monoisotopic (exact) mass is 219 g/mol. The van der Waals surface area contributed by atoms with Crippen molar-refractivity contribution in [2.24, 2.45) is 0 Å². The summed E-state index contributed by atoms with van der Waals surface area (Å²) in [5.41, 5.74) is 1.41. The standard InChI is InChI=1S/C12H14FN3/c1-9(14-2)11-7-8-15-16(11)12-6-4-3-5-10(12)13/h3-9,14H,1-2H3. The van der Waals surface area contributed by atoms with Gasteiger partial charge in [-0.2, -0.15) is 5.10 Å². The van der Waals surface area contributed by atoms with E-state index in [1.54, 1.807) is 29.1 Å². The molecular formula is C12H14FN3. The third kappa shape index (κ3) is 1.84. The van der Waals surface area contributed by atoms with Gasteiger partial charge in [0.15, 0.2) is 0 Å². The van der Waals surface area contributed by atoms with Crippen molar-refractivity contribution in [2.75, 3.05) is 7.05 Å². The van der Waals surface area contributed by atoms with Gasteiger partial charge in [-0.05, 0) is 32.2 Å². The maximum absolute atomic E-state index is 13.6. The van der Waals surface area contributed by atoms with Crippen LogP contribution in [-0.2, 0) is 0 Å². The molecule has 2 rings (SSSR count). The molecule has 0 bridgehead atoms. The smallest absolute Gasteiger partial charge is 0.148 e. The summed E-state index contributed by atoms with van der Waals surface area (Å²) >= 11 is 0. The van der Waals surface area contributed by atoms with E-state index in [2.05, 4.69) is 10.4 Å². The zero-order valence-electron chi connectivity index (χ0n) is 9.31. The van der Waals surface area contributed by atoms with Crippen LogP contribution in [0.15, 0.2) is 36.5 Å². The minimum atomic E-state index is -0.268. The Labute approximate surface area is 93.9 Å². The molecule has 0 aliphatic rings. The Morgan fingerprint density at radius 2 is 2.06 bits per heavy atom. The lowest BCUT2D eigenvalue weighted by molar-refractivity contribution is 0.577. The second kappa shape index (κ2) is 4.45. The third-order valence-corrected chi connectivity index (χ3v) is 2.63. The summed E-state index contributed by atoms with van der Waals surface area (Å²) in [6, 6.07) is 8.63. The quantitative estimate of drug-likeness (QED) is 0.858. The van der Waals surface area contributed by atoms with E-state index in [0.29, 0.717) is 5.69 Å². The van der Waals surface area contributed by atoms with E-state index in [-0.39, 0.29) is 11.9 Å². The van der Waals surface area contributed by atoms with Crippen LogP contribution in [0.1, 0.15) is 18.7 Å². The Balaban J connectivity index is 2.49. The summed E-state index contributed by atoms with van der Waals surface area (Å²) in [6.45, 7) is 2.01. The molecule has 2 aromatic rings. The van der Waals surface area contributed by atoms with E-state index in [1.165, 1.54) is 6.07 Å². The van der Waals surface area contributed by atoms with Crippen molar-refractivity contribution in [2.45, 2.75) is 13.0 Å². The minimum Gasteiger partial charge on any atom is -0.312 e. The first-order chi connectivity index (χ1) is 7.74. The molecule has 3 nitrogen and oxygen atoms in total. The van der Waals surface area contributed by atoms with Crippen molar-refractivity contribution in [3.63, 3.8) is 0 Å². The van der Waals surface area contributed by atoms with Gasteiger partial charge in [0, 0.05) is 12.2 Å². The highest BCUT2D eigenvalue weighted by Gasteiger charge is 2.12. The van der Waals surface area contributed by atoms with Crippen LogP contribution in [0.3, 0.4) is 0 Å². The summed E-state index contributed by atoms with van der Waals surface area (Å²) < 4.78 is 15.2. The molecule has 1 atom stereocenters. The number of rotatable bonds is 3. The van der Waals surface area contributed by atoms with E-state index in [9.17, 15) is 4.39 Å². The molecule has 84 valence electrons. The van der Waals surface area contributed by atoms with Crippen LogP contribution in [0.25, 0.3) is 5.69 Å². The predicted molar refractivity (Wildman–Crippen MR) is 61.0 cm³/mol. The summed E-state index contributed by atoms with van der Waals surface area (Å²) in [5, 5.41) is 7.27. The van der Waals surface area contributed by atoms with Gasteiger partial charge < -0.3 is 5.32 Å². The van der Waals surface area contributed by atoms with E-state index in [0.717, 1.165) is 5.69 Å². The van der Waals surface area contributed by atoms with E-state index >= 15 is 0 Å². The highest BCUT2D eigenvalue weighted by molar-refractivity contribution is 5.34. The lowest BCUT2D eigenvalue weighted by Crippen LogP contribution is -2.17. The van der Waals surface area contributed by atoms with Gasteiger partial charge >= 0.3 is 0 Å². The topological polar surface area (TPSA) is 29.9 Å². The highest BCUT2D eigenvalue weighted by Crippen LogP contribution is 2.18. The number of nitrogens with one attached hydrogen (secondary N) is 1. The number of nitrogens with zero attached hydrogens (tertiary/aromatic N) is 2. The Kier molecular flexibility index (Phi) is 3.01. The molecule has 0 fully saturated rings. The fourth-order valence-electron chi connectivity index (χ4n) is 1.61. The van der Waals surface area contributed by atoms with Gasteiger partial charge in [0.1, 0.15) is 11.5 Å². The normalized spacial score (nSPS) is 12.7. The average molecular weight is 219 g/mol. The molecule has 0 spiro atoms. The first-order valence-corrected chi connectivity index (χ1v) is 5.20. The summed E-state index contributed by atoms with van der Waals surface area (Å²) in [5.74, 6) is -0.268. The largest absolute Gasteiger partial charge is 0.312 e. The van der Waals surface area contributed by atoms with Crippen LogP contribution in [-0.4, -0.2) is 16.8 Å². The summed E-state index contributed by atoms with van der Waals surface area (Å²) in [6.07, 6.45) is 1.68. The Hall–Kier alpha value is -1.68. The Morgan fingerprint density at radius 1 is 1.31 bits per heavy atom. The fourth-order valence-corrected chi connectivity index (χ4v) is 1.61. The Bertz CT molecular complexity index is 479. The minimum absolute atomic E-state index is 0.127. The maximum Gasteiger partial charge on any atom is 0.148 e. The molecule has 0 aliphatic heterocycles. The maximum atomic E-state index is 13.6. The first-order valence-electron chi connectivity index (χ1n) is 5.20. The van der Waals surface area contributed by atoms with Crippen LogP contribution in [0.4, 0.5) is 4.39 Å². The zero-order chi connectivity index (χ0) is 11.5. The Morgan fingerprint density at radius 3 is 2.75 bits per heavy atom. The average Bonchev–Trinajstić information content (AvgIpc) is 2.77. The molecule has 0 saturated carbocycles. The van der Waals surface area contributed by atoms with Crippen molar-refractivity contribution in [1.82, 2.24) is 15.1 Å². The number of benzene rings is 1. The number of halogens is 1. The third-order valence-electron chi connectivity index (χ3n) is 2.63. The van der Waals surface area contributed by atoms with Gasteiger partial charge in [-0.3, -0.25) is 0 Å². The van der Waals surface area contributed by atoms with Crippen molar-refractivity contribution in [3.05, 3.63) is 48.0 Å². The van der Waals surface area contributed by atoms with Crippen molar-refractivity contribution in [1.29, 1.82) is 0 Å². The molecule has 4 heteroatoms. The molecule has 0 aliphatic carbocycles. The zero-order valence-corrected chi connectivity index (χ0v) is 9.31. The molecule has 1 heterocycles. The first kappa shape index (κ1) is 10.8. The van der Waals surface area contributed by atoms with Gasteiger partial charge in [-0.15, -0.1) is 0 Å². The van der Waals surface area contributed by atoms with E-state index < -0.39 is 0 Å². The van der Waals surface area contributed by atoms with Gasteiger partial charge in [-0.25, -0.2) is 9.07 Å². The van der Waals surface area contributed by atoms with Crippen molar-refractivity contribution < 1.29 is 4.39 Å². The number of aromatic nitrogens is 2. The van der Waals surface area contributed by atoms with Crippen LogP contribution in [0.5, 0.6) is 0 Å². The molecule has 16 heavy (non-hydrogen) atoms. The van der Waals surface area contributed by atoms with Gasteiger partial charge in [-0.1, -0.05) is 12.1 Å². The summed E-state index contributed by atoms with van der Waals surface area (Å²) in [7, 11) is 1.86. The molecule has 1 aromatic heterocycles. The lowest BCUT2D eigenvalue weighted by atomic mass is 10.2. The predicted octanol–water partition coefficient (Wildman–Crippen LogP) is 2.29. The molecule has 0 saturated heterocycles. The second-order valence-electron chi connectivity index (χ2n) is 3.63. The van der Waals surface area contributed by atoms with Crippen LogP contribution in [0, 0.1) is 5.82 Å². The second-order valence-corrected chi connectivity index (χ2v) is 3.63. The van der Waals surface area contributed by atoms with E-state index in [1.807, 2.05) is 20.0 Å². The van der Waals surface area contributed by atoms with Gasteiger partial charge in [0.05, 0.1) is 5.69 Å². The lowest BCUT2D eigenvalue weighted by Gasteiger charge is -2.13. The molecule has 1 unspecified atom stereocenters. The van der Waals surface area contributed by atoms with Crippen LogP contribution < -0.4 is 5.32 Å². The fraction of sp³-hybridized carbons (Fsp3) is 0.250. The number of para-hydroxylation sites is 1. The SMILES string of the molecule is CNC(C)c1ccnn1-c1ccccc1F. The molecule has 1 aromatic carbocycles. The molecule has 0 amide bonds. The van der Waals surface area contributed by atoms with E-state index in [4.69, 9.17) is 0 Å². The molecule has 1 N–H and O–H groups in total. The van der Waals surface area contributed by atoms with Gasteiger partial charge in [0.25, 0.3) is 0 Å². The number of hydrogen-bond acceptors (Lipinski definition) is 2. The molecule has 0 radical (unpaired) electrons. The number of hydrogen-bond donors (Lipinski definition) is 1. The van der Waals surface area contributed by atoms with Crippen molar-refractivity contribution in [3.8, 4) is 5.69 Å². The van der Waals surface area contributed by atoms with Crippen LogP contribution in [0.2, 0.25) is 0 Å². The van der Waals surface area contributed by atoms with Crippen molar-refractivity contribution >= 4 is 0 Å².